The second kappa shape index (κ2) is 8.17. The molecule has 0 rings (SSSR count). The van der Waals surface area contributed by atoms with Crippen molar-refractivity contribution in [2.45, 2.75) is 37.9 Å². The van der Waals surface area contributed by atoms with Crippen LogP contribution >= 0.6 is 0 Å². The lowest BCUT2D eigenvalue weighted by Gasteiger charge is -2.10. The molecule has 16 heavy (non-hydrogen) atoms. The maximum Gasteiger partial charge on any atom is 0.330 e. The van der Waals surface area contributed by atoms with Crippen LogP contribution in [0.1, 0.15) is 25.7 Å². The Balaban J connectivity index is 3.82. The lowest BCUT2D eigenvalue weighted by Crippen LogP contribution is -2.37. The van der Waals surface area contributed by atoms with Gasteiger partial charge in [0, 0.05) is 0 Å². The second-order valence-electron chi connectivity index (χ2n) is 3.55. The standard InChI is InChI=1S/C9H20N4O3/c10-4-2-1-3-6(11)9(15)16-8(14)5-7(12)13/h6-7H,1-5,10-13H2/t6-/m0/s1. The summed E-state index contributed by atoms with van der Waals surface area (Å²) in [6.45, 7) is 0.544. The van der Waals surface area contributed by atoms with Gasteiger partial charge in [-0.05, 0) is 19.4 Å². The summed E-state index contributed by atoms with van der Waals surface area (Å²) < 4.78 is 4.46. The smallest absolute Gasteiger partial charge is 0.330 e. The molecule has 0 heterocycles. The molecule has 0 aromatic rings. The molecule has 0 aromatic heterocycles. The number of hydrogen-bond acceptors (Lipinski definition) is 7. The first-order chi connectivity index (χ1) is 7.47. The summed E-state index contributed by atoms with van der Waals surface area (Å²) in [6, 6.07) is -0.801. The highest BCUT2D eigenvalue weighted by molar-refractivity contribution is 5.88. The molecule has 0 aliphatic rings. The molecule has 0 saturated heterocycles. The Hall–Kier alpha value is -1.02. The number of ether oxygens (including phenoxy) is 1. The van der Waals surface area contributed by atoms with Gasteiger partial charge in [-0.1, -0.05) is 6.42 Å². The average molecular weight is 232 g/mol. The van der Waals surface area contributed by atoms with E-state index in [9.17, 15) is 9.59 Å². The zero-order valence-corrected chi connectivity index (χ0v) is 9.22. The minimum atomic E-state index is -0.825. The van der Waals surface area contributed by atoms with Crippen molar-refractivity contribution in [1.82, 2.24) is 0 Å². The van der Waals surface area contributed by atoms with E-state index in [1.165, 1.54) is 0 Å². The van der Waals surface area contributed by atoms with Gasteiger partial charge in [-0.2, -0.15) is 0 Å². The summed E-state index contributed by atoms with van der Waals surface area (Å²) in [5.74, 6) is -1.50. The molecule has 1 atom stereocenters. The fraction of sp³-hybridized carbons (Fsp3) is 0.778. The molecule has 0 spiro atoms. The predicted octanol–water partition coefficient (Wildman–Crippen LogP) is -1.85. The lowest BCUT2D eigenvalue weighted by atomic mass is 10.1. The predicted molar refractivity (Wildman–Crippen MR) is 58.8 cm³/mol. The molecule has 0 aromatic carbocycles. The SMILES string of the molecule is NCCCC[C@H](N)C(=O)OC(=O)CC(N)N. The third-order valence-electron chi connectivity index (χ3n) is 1.89. The van der Waals surface area contributed by atoms with Gasteiger partial charge < -0.3 is 27.7 Å². The zero-order valence-electron chi connectivity index (χ0n) is 9.22. The monoisotopic (exact) mass is 232 g/mol. The number of carbonyl (C=O) groups is 2. The van der Waals surface area contributed by atoms with Gasteiger partial charge in [-0.25, -0.2) is 4.79 Å². The number of hydrogen-bond donors (Lipinski definition) is 4. The van der Waals surface area contributed by atoms with Crippen molar-refractivity contribution < 1.29 is 14.3 Å². The Bertz CT molecular complexity index is 233. The summed E-state index contributed by atoms with van der Waals surface area (Å²) >= 11 is 0. The first kappa shape index (κ1) is 15.0. The van der Waals surface area contributed by atoms with E-state index in [1.807, 2.05) is 0 Å². The highest BCUT2D eigenvalue weighted by atomic mass is 16.6. The molecule has 7 heteroatoms. The van der Waals surface area contributed by atoms with Crippen molar-refractivity contribution in [2.75, 3.05) is 6.54 Å². The minimum Gasteiger partial charge on any atom is -0.392 e. The quantitative estimate of drug-likeness (QED) is 0.174. The van der Waals surface area contributed by atoms with Crippen LogP contribution in [0, 0.1) is 0 Å². The molecular formula is C9H20N4O3. The van der Waals surface area contributed by atoms with Gasteiger partial charge in [0.1, 0.15) is 6.04 Å². The van der Waals surface area contributed by atoms with E-state index >= 15 is 0 Å². The molecule has 0 aliphatic carbocycles. The van der Waals surface area contributed by atoms with E-state index in [2.05, 4.69) is 4.74 Å². The van der Waals surface area contributed by atoms with E-state index in [4.69, 9.17) is 22.9 Å². The molecule has 0 bridgehead atoms. The fourth-order valence-electron chi connectivity index (χ4n) is 1.05. The van der Waals surface area contributed by atoms with Crippen LogP contribution in [0.2, 0.25) is 0 Å². The van der Waals surface area contributed by atoms with Crippen LogP contribution in [0.25, 0.3) is 0 Å². The first-order valence-electron chi connectivity index (χ1n) is 5.18. The number of nitrogens with two attached hydrogens (primary N) is 4. The molecule has 7 nitrogen and oxygen atoms in total. The van der Waals surface area contributed by atoms with Gasteiger partial charge in [-0.3, -0.25) is 4.79 Å². The van der Waals surface area contributed by atoms with Gasteiger partial charge in [0.05, 0.1) is 12.6 Å². The van der Waals surface area contributed by atoms with Gasteiger partial charge in [0.25, 0.3) is 0 Å². The minimum absolute atomic E-state index is 0.207. The summed E-state index contributed by atoms with van der Waals surface area (Å²) in [5, 5.41) is 0. The third-order valence-corrected chi connectivity index (χ3v) is 1.89. The van der Waals surface area contributed by atoms with Crippen molar-refractivity contribution in [3.8, 4) is 0 Å². The highest BCUT2D eigenvalue weighted by Crippen LogP contribution is 2.01. The molecular weight excluding hydrogens is 212 g/mol. The van der Waals surface area contributed by atoms with E-state index < -0.39 is 24.1 Å². The van der Waals surface area contributed by atoms with Gasteiger partial charge >= 0.3 is 11.9 Å². The summed E-state index contributed by atoms with van der Waals surface area (Å²) in [5.41, 5.74) is 21.1. The molecule has 0 saturated carbocycles. The number of esters is 2. The van der Waals surface area contributed by atoms with Crippen LogP contribution in [0.4, 0.5) is 0 Å². The maximum atomic E-state index is 11.2. The van der Waals surface area contributed by atoms with Crippen molar-refractivity contribution in [2.24, 2.45) is 22.9 Å². The first-order valence-corrected chi connectivity index (χ1v) is 5.18. The van der Waals surface area contributed by atoms with E-state index in [0.717, 1.165) is 12.8 Å². The third kappa shape index (κ3) is 7.30. The van der Waals surface area contributed by atoms with Gasteiger partial charge in [-0.15, -0.1) is 0 Å². The molecule has 0 amide bonds. The summed E-state index contributed by atoms with van der Waals surface area (Å²) in [4.78, 5) is 22.3. The van der Waals surface area contributed by atoms with Crippen LogP contribution in [0.15, 0.2) is 0 Å². The van der Waals surface area contributed by atoms with Crippen molar-refractivity contribution in [3.63, 3.8) is 0 Å². The zero-order chi connectivity index (χ0) is 12.6. The second-order valence-corrected chi connectivity index (χ2v) is 3.55. The van der Waals surface area contributed by atoms with Crippen LogP contribution in [0.5, 0.6) is 0 Å². The van der Waals surface area contributed by atoms with Crippen LogP contribution < -0.4 is 22.9 Å². The van der Waals surface area contributed by atoms with Crippen molar-refractivity contribution in [3.05, 3.63) is 0 Å². The Morgan fingerprint density at radius 3 is 2.25 bits per heavy atom. The van der Waals surface area contributed by atoms with Crippen LogP contribution in [-0.4, -0.2) is 30.7 Å². The summed E-state index contributed by atoms with van der Waals surface area (Å²) in [7, 11) is 0. The Kier molecular flexibility index (Phi) is 7.65. The number of unbranched alkanes of at least 4 members (excludes halogenated alkanes) is 1. The Morgan fingerprint density at radius 2 is 1.75 bits per heavy atom. The molecule has 8 N–H and O–H groups in total. The molecule has 94 valence electrons. The molecule has 0 unspecified atom stereocenters. The van der Waals surface area contributed by atoms with E-state index in [1.54, 1.807) is 0 Å². The van der Waals surface area contributed by atoms with Crippen LogP contribution in [0.3, 0.4) is 0 Å². The fourth-order valence-corrected chi connectivity index (χ4v) is 1.05. The van der Waals surface area contributed by atoms with Gasteiger partial charge in [0.15, 0.2) is 0 Å². The largest absolute Gasteiger partial charge is 0.392 e. The normalized spacial score (nSPS) is 12.6. The lowest BCUT2D eigenvalue weighted by molar-refractivity contribution is -0.160. The molecule has 0 fully saturated rings. The van der Waals surface area contributed by atoms with Crippen molar-refractivity contribution >= 4 is 11.9 Å². The Morgan fingerprint density at radius 1 is 1.12 bits per heavy atom. The van der Waals surface area contributed by atoms with E-state index in [0.29, 0.717) is 13.0 Å². The molecule has 0 radical (unpaired) electrons. The topological polar surface area (TPSA) is 147 Å². The van der Waals surface area contributed by atoms with Crippen LogP contribution in [-0.2, 0) is 14.3 Å². The number of carbonyl (C=O) groups excluding carboxylic acids is 2. The molecule has 0 aliphatic heterocycles. The van der Waals surface area contributed by atoms with Crippen molar-refractivity contribution in [1.29, 1.82) is 0 Å². The van der Waals surface area contributed by atoms with Gasteiger partial charge in [0.2, 0.25) is 0 Å². The number of rotatable bonds is 7. The average Bonchev–Trinajstić information content (AvgIpc) is 2.16. The highest BCUT2D eigenvalue weighted by Gasteiger charge is 2.18. The van der Waals surface area contributed by atoms with E-state index in [-0.39, 0.29) is 6.42 Å². The maximum absolute atomic E-state index is 11.2. The summed E-state index contributed by atoms with van der Waals surface area (Å²) in [6.07, 6.45) is 0.910. The Labute approximate surface area is 94.5 Å².